The first-order chi connectivity index (χ1) is 13.3. The molecule has 0 radical (unpaired) electrons. The molecule has 2 heterocycles. The van der Waals surface area contributed by atoms with Crippen LogP contribution < -0.4 is 0 Å². The van der Waals surface area contributed by atoms with Crippen molar-refractivity contribution in [2.24, 2.45) is 0 Å². The fraction of sp³-hybridized carbons (Fsp3) is 0.682. The number of rotatable bonds is 4. The van der Waals surface area contributed by atoms with Gasteiger partial charge in [-0.1, -0.05) is 12.7 Å². The fourth-order valence-corrected chi connectivity index (χ4v) is 3.17. The lowest BCUT2D eigenvalue weighted by atomic mass is 9.79. The van der Waals surface area contributed by atoms with Gasteiger partial charge in [0.2, 0.25) is 0 Å². The summed E-state index contributed by atoms with van der Waals surface area (Å²) in [5.41, 5.74) is 0.829. The molecule has 0 saturated carbocycles. The molecule has 7 heteroatoms. The Morgan fingerprint density at radius 2 is 1.52 bits per heavy atom. The molecular weight excluding hydrogens is 367 g/mol. The second-order valence-electron chi connectivity index (χ2n) is 9.76. The highest BCUT2D eigenvalue weighted by Gasteiger charge is 2.51. The van der Waals surface area contributed by atoms with Crippen molar-refractivity contribution in [3.05, 3.63) is 36.0 Å². The summed E-state index contributed by atoms with van der Waals surface area (Å²) in [7, 11) is -0.378. The maximum Gasteiger partial charge on any atom is 0.490 e. The lowest BCUT2D eigenvalue weighted by Gasteiger charge is -2.37. The molecule has 0 aromatic heterocycles. The zero-order valence-corrected chi connectivity index (χ0v) is 19.4. The minimum Gasteiger partial charge on any atom is -0.444 e. The highest BCUT2D eigenvalue weighted by Crippen LogP contribution is 2.38. The predicted octanol–water partition coefficient (Wildman–Crippen LogP) is 4.19. The van der Waals surface area contributed by atoms with E-state index >= 15 is 0 Å². The third-order valence-electron chi connectivity index (χ3n) is 5.59. The van der Waals surface area contributed by atoms with Gasteiger partial charge in [0.25, 0.3) is 0 Å². The molecule has 29 heavy (non-hydrogen) atoms. The van der Waals surface area contributed by atoms with Gasteiger partial charge in [0.15, 0.2) is 0 Å². The average Bonchev–Trinajstić information content (AvgIpc) is 2.81. The second kappa shape index (κ2) is 8.56. The molecule has 162 valence electrons. The molecule has 0 aromatic carbocycles. The topological polar surface area (TPSA) is 51.2 Å². The zero-order valence-electron chi connectivity index (χ0n) is 19.4. The number of carbonyl (C=O) groups is 1. The summed E-state index contributed by atoms with van der Waals surface area (Å²) in [5, 5.41) is 0. The van der Waals surface area contributed by atoms with Crippen LogP contribution in [0.3, 0.4) is 0 Å². The van der Waals surface area contributed by atoms with Crippen LogP contribution in [0.2, 0.25) is 0 Å². The minimum absolute atomic E-state index is 0.254. The van der Waals surface area contributed by atoms with Crippen LogP contribution in [-0.4, -0.2) is 66.0 Å². The number of carbonyl (C=O) groups excluding carboxylic acids is 1. The van der Waals surface area contributed by atoms with E-state index in [2.05, 4.69) is 45.2 Å². The van der Waals surface area contributed by atoms with Gasteiger partial charge < -0.3 is 23.8 Å². The second-order valence-corrected chi connectivity index (χ2v) is 9.76. The Kier molecular flexibility index (Phi) is 6.95. The van der Waals surface area contributed by atoms with E-state index in [-0.39, 0.29) is 24.4 Å². The van der Waals surface area contributed by atoms with Crippen LogP contribution in [0.1, 0.15) is 55.4 Å². The summed E-state index contributed by atoms with van der Waals surface area (Å²) in [6.07, 6.45) is 5.60. The van der Waals surface area contributed by atoms with E-state index in [1.807, 2.05) is 33.8 Å². The molecule has 2 fully saturated rings. The average molecular weight is 404 g/mol. The molecule has 2 aliphatic heterocycles. The van der Waals surface area contributed by atoms with E-state index in [1.165, 1.54) is 0 Å². The summed E-state index contributed by atoms with van der Waals surface area (Å²) in [6.45, 7) is 22.4. The van der Waals surface area contributed by atoms with Gasteiger partial charge >= 0.3 is 13.2 Å². The third-order valence-corrected chi connectivity index (χ3v) is 5.59. The Hall–Kier alpha value is -1.73. The van der Waals surface area contributed by atoms with Crippen molar-refractivity contribution < 1.29 is 18.8 Å². The van der Waals surface area contributed by atoms with Gasteiger partial charge in [-0.15, -0.1) is 0 Å². The van der Waals surface area contributed by atoms with Crippen molar-refractivity contribution in [3.63, 3.8) is 0 Å². The lowest BCUT2D eigenvalue weighted by molar-refractivity contribution is 0.00578. The lowest BCUT2D eigenvalue weighted by Crippen LogP contribution is -2.49. The number of amides is 1. The van der Waals surface area contributed by atoms with Crippen molar-refractivity contribution in [2.75, 3.05) is 26.2 Å². The molecule has 1 amide bonds. The number of hydrogen-bond donors (Lipinski definition) is 0. The number of allylic oxidation sites excluding steroid dienone is 4. The number of piperazine rings is 1. The number of ether oxygens (including phenoxy) is 1. The highest BCUT2D eigenvalue weighted by molar-refractivity contribution is 6.54. The van der Waals surface area contributed by atoms with Crippen molar-refractivity contribution in [3.8, 4) is 0 Å². The minimum atomic E-state index is -0.481. The fourth-order valence-electron chi connectivity index (χ4n) is 3.17. The Bertz CT molecular complexity index is 667. The maximum absolute atomic E-state index is 12.3. The molecule has 0 aromatic rings. The normalized spacial score (nSPS) is 22.7. The molecule has 0 spiro atoms. The van der Waals surface area contributed by atoms with Gasteiger partial charge in [0.1, 0.15) is 5.60 Å². The molecule has 6 nitrogen and oxygen atoms in total. The molecule has 0 N–H and O–H groups in total. The summed E-state index contributed by atoms with van der Waals surface area (Å²) in [4.78, 5) is 16.3. The van der Waals surface area contributed by atoms with E-state index < -0.39 is 5.60 Å². The molecule has 2 saturated heterocycles. The molecule has 2 rings (SSSR count). The first-order valence-corrected chi connectivity index (χ1v) is 10.4. The Morgan fingerprint density at radius 1 is 1.03 bits per heavy atom. The molecule has 0 bridgehead atoms. The van der Waals surface area contributed by atoms with Crippen LogP contribution >= 0.6 is 0 Å². The van der Waals surface area contributed by atoms with E-state index in [9.17, 15) is 4.79 Å². The number of nitrogens with zero attached hydrogens (tertiary/aromatic N) is 2. The van der Waals surface area contributed by atoms with Gasteiger partial charge in [0, 0.05) is 31.9 Å². The van der Waals surface area contributed by atoms with Crippen LogP contribution in [0.5, 0.6) is 0 Å². The Labute approximate surface area is 176 Å². The smallest absolute Gasteiger partial charge is 0.444 e. The Morgan fingerprint density at radius 3 is 1.97 bits per heavy atom. The first-order valence-electron chi connectivity index (χ1n) is 10.4. The zero-order chi connectivity index (χ0) is 22.0. The highest BCUT2D eigenvalue weighted by atomic mass is 16.7. The van der Waals surface area contributed by atoms with Gasteiger partial charge in [-0.05, 0) is 73.0 Å². The van der Waals surface area contributed by atoms with E-state index in [0.717, 1.165) is 24.3 Å². The van der Waals surface area contributed by atoms with Gasteiger partial charge in [0.05, 0.1) is 11.2 Å². The molecule has 0 unspecified atom stereocenters. The largest absolute Gasteiger partial charge is 0.490 e. The van der Waals surface area contributed by atoms with E-state index in [4.69, 9.17) is 14.0 Å². The predicted molar refractivity (Wildman–Crippen MR) is 117 cm³/mol. The van der Waals surface area contributed by atoms with Crippen molar-refractivity contribution in [2.45, 2.75) is 72.2 Å². The van der Waals surface area contributed by atoms with Crippen molar-refractivity contribution in [1.29, 1.82) is 0 Å². The quantitative estimate of drug-likeness (QED) is 0.520. The third kappa shape index (κ3) is 5.89. The standard InChI is InChI=1S/C22H37BN2O4/c1-10-11-18(16-17(2)23-28-21(6,7)22(8,9)29-23)24-12-14-25(15-13-24)19(26)27-20(3,4)5/h10-11,16H,1,12-15H2,2-9H3. The van der Waals surface area contributed by atoms with Gasteiger partial charge in [-0.2, -0.15) is 0 Å². The van der Waals surface area contributed by atoms with Crippen LogP contribution in [0.4, 0.5) is 4.79 Å². The monoisotopic (exact) mass is 404 g/mol. The summed E-state index contributed by atoms with van der Waals surface area (Å²) in [6, 6.07) is 0. The SMILES string of the molecule is C=CC=C(C=C(C)B1OC(C)(C)C(C)(C)O1)N1CCN(C(=O)OC(C)(C)C)CC1. The van der Waals surface area contributed by atoms with Crippen LogP contribution in [0.25, 0.3) is 0 Å². The molecule has 0 aliphatic carbocycles. The maximum atomic E-state index is 12.3. The van der Waals surface area contributed by atoms with E-state index in [1.54, 1.807) is 11.0 Å². The van der Waals surface area contributed by atoms with Gasteiger partial charge in [-0.25, -0.2) is 4.79 Å². The van der Waals surface area contributed by atoms with Crippen LogP contribution in [0.15, 0.2) is 36.0 Å². The number of hydrogen-bond acceptors (Lipinski definition) is 5. The summed E-state index contributed by atoms with van der Waals surface area (Å²) < 4.78 is 17.8. The molecular formula is C22H37BN2O4. The first kappa shape index (κ1) is 23.6. The van der Waals surface area contributed by atoms with Crippen molar-refractivity contribution in [1.82, 2.24) is 9.80 Å². The molecule has 0 atom stereocenters. The summed E-state index contributed by atoms with van der Waals surface area (Å²) >= 11 is 0. The van der Waals surface area contributed by atoms with Gasteiger partial charge in [-0.3, -0.25) is 0 Å². The van der Waals surface area contributed by atoms with Crippen LogP contribution in [0, 0.1) is 0 Å². The van der Waals surface area contributed by atoms with E-state index in [0.29, 0.717) is 13.1 Å². The Balaban J connectivity index is 2.05. The summed E-state index contributed by atoms with van der Waals surface area (Å²) in [5.74, 6) is 0. The van der Waals surface area contributed by atoms with Crippen molar-refractivity contribution >= 4 is 13.2 Å². The van der Waals surface area contributed by atoms with Crippen LogP contribution in [-0.2, 0) is 14.0 Å². The molecule has 2 aliphatic rings.